The van der Waals surface area contributed by atoms with Crippen LogP contribution >= 0.6 is 0 Å². The van der Waals surface area contributed by atoms with Gasteiger partial charge in [-0.05, 0) is 33.6 Å². The van der Waals surface area contributed by atoms with Gasteiger partial charge in [0.05, 0.1) is 24.2 Å². The summed E-state index contributed by atoms with van der Waals surface area (Å²) >= 11 is 0. The highest BCUT2D eigenvalue weighted by atomic mass is 16.5. The molecule has 2 fully saturated rings. The van der Waals surface area contributed by atoms with E-state index < -0.39 is 5.41 Å². The van der Waals surface area contributed by atoms with Crippen LogP contribution in [-0.4, -0.2) is 40.2 Å². The second-order valence-electron chi connectivity index (χ2n) is 7.05. The lowest BCUT2D eigenvalue weighted by Crippen LogP contribution is -2.48. The smallest absolute Gasteiger partial charge is 0.252 e. The Morgan fingerprint density at radius 2 is 2.22 bits per heavy atom. The number of nitrogens with zero attached hydrogens (tertiary/aromatic N) is 4. The van der Waals surface area contributed by atoms with Crippen molar-refractivity contribution in [2.45, 2.75) is 58.1 Å². The van der Waals surface area contributed by atoms with Crippen molar-refractivity contribution in [2.75, 3.05) is 13.2 Å². The molecule has 2 aliphatic rings. The third kappa shape index (κ3) is 3.37. The lowest BCUT2D eigenvalue weighted by molar-refractivity contribution is -0.149. The molecule has 1 aromatic heterocycles. The first-order valence-electron chi connectivity index (χ1n) is 8.07. The van der Waals surface area contributed by atoms with Gasteiger partial charge in [0.15, 0.2) is 5.82 Å². The molecular weight excluding hydrogens is 296 g/mol. The van der Waals surface area contributed by atoms with Gasteiger partial charge in [0.2, 0.25) is 5.91 Å². The number of aromatic nitrogens is 2. The van der Waals surface area contributed by atoms with E-state index in [0.717, 1.165) is 18.7 Å². The summed E-state index contributed by atoms with van der Waals surface area (Å²) in [6, 6.07) is 1.79. The summed E-state index contributed by atoms with van der Waals surface area (Å²) < 4.78 is 11.1. The zero-order valence-electron chi connectivity index (χ0n) is 13.8. The molecule has 124 valence electrons. The topological polar surface area (TPSA) is 92.2 Å². The molecule has 1 amide bonds. The van der Waals surface area contributed by atoms with Crippen LogP contribution in [0.4, 0.5) is 0 Å². The minimum Gasteiger partial charge on any atom is -0.374 e. The molecule has 23 heavy (non-hydrogen) atoms. The lowest BCUT2D eigenvalue weighted by Gasteiger charge is -2.38. The van der Waals surface area contributed by atoms with Gasteiger partial charge in [-0.25, -0.2) is 0 Å². The zero-order valence-corrected chi connectivity index (χ0v) is 13.8. The minimum absolute atomic E-state index is 0.0807. The monoisotopic (exact) mass is 318 g/mol. The summed E-state index contributed by atoms with van der Waals surface area (Å²) in [6.07, 6.45) is 2.13. The van der Waals surface area contributed by atoms with Crippen LogP contribution in [0.2, 0.25) is 0 Å². The molecule has 0 radical (unpaired) electrons. The third-order valence-corrected chi connectivity index (χ3v) is 4.36. The molecule has 1 aliphatic carbocycles. The maximum absolute atomic E-state index is 12.7. The predicted molar refractivity (Wildman–Crippen MR) is 80.2 cm³/mol. The number of carbonyl (C=O) groups excluding carboxylic acids is 1. The zero-order chi connectivity index (χ0) is 16.6. The third-order valence-electron chi connectivity index (χ3n) is 4.36. The molecule has 7 nitrogen and oxygen atoms in total. The van der Waals surface area contributed by atoms with Crippen LogP contribution in [0.1, 0.15) is 63.7 Å². The van der Waals surface area contributed by atoms with Crippen LogP contribution in [0, 0.1) is 16.7 Å². The Morgan fingerprint density at radius 3 is 2.87 bits per heavy atom. The fourth-order valence-corrected chi connectivity index (χ4v) is 2.83. The molecule has 0 N–H and O–H groups in total. The van der Waals surface area contributed by atoms with E-state index in [1.165, 1.54) is 0 Å². The molecule has 2 atom stereocenters. The van der Waals surface area contributed by atoms with Crippen molar-refractivity contribution in [3.63, 3.8) is 0 Å². The summed E-state index contributed by atoms with van der Waals surface area (Å²) in [7, 11) is 0. The Hall–Kier alpha value is -1.94. The number of ether oxygens (including phenoxy) is 1. The van der Waals surface area contributed by atoms with Crippen molar-refractivity contribution in [3.8, 4) is 6.07 Å². The Kier molecular flexibility index (Phi) is 4.11. The lowest BCUT2D eigenvalue weighted by atomic mass is 9.90. The number of hydrogen-bond acceptors (Lipinski definition) is 6. The second kappa shape index (κ2) is 5.93. The predicted octanol–water partition coefficient (Wildman–Crippen LogP) is 2.18. The highest BCUT2D eigenvalue weighted by Crippen LogP contribution is 2.39. The number of amides is 1. The average molecular weight is 318 g/mol. The molecule has 1 saturated carbocycles. The van der Waals surface area contributed by atoms with Gasteiger partial charge in [-0.2, -0.15) is 10.2 Å². The van der Waals surface area contributed by atoms with E-state index in [0.29, 0.717) is 25.0 Å². The van der Waals surface area contributed by atoms with E-state index >= 15 is 0 Å². The Balaban J connectivity index is 1.81. The SMILES string of the molecule is C[C@H]1OCCN(C(=O)CC(C)(C)C#N)[C@@H]1c1nc(C2CC2)no1. The molecule has 1 aromatic rings. The summed E-state index contributed by atoms with van der Waals surface area (Å²) in [5.74, 6) is 1.47. The number of morpholine rings is 1. The van der Waals surface area contributed by atoms with Gasteiger partial charge in [0.25, 0.3) is 5.89 Å². The standard InChI is InChI=1S/C16H22N4O3/c1-10-13(15-18-14(19-23-15)11-4-5-11)20(6-7-22-10)12(21)8-16(2,3)9-17/h10-11,13H,4-8H2,1-3H3/t10-,13+/m1/s1. The number of nitriles is 1. The van der Waals surface area contributed by atoms with Crippen LogP contribution in [0.25, 0.3) is 0 Å². The normalized spacial score (nSPS) is 25.2. The average Bonchev–Trinajstić information content (AvgIpc) is 3.25. The Morgan fingerprint density at radius 1 is 1.48 bits per heavy atom. The van der Waals surface area contributed by atoms with Gasteiger partial charge in [0, 0.05) is 18.9 Å². The number of carbonyl (C=O) groups is 1. The van der Waals surface area contributed by atoms with E-state index in [2.05, 4.69) is 16.2 Å². The van der Waals surface area contributed by atoms with Crippen molar-refractivity contribution < 1.29 is 14.1 Å². The Bertz CT molecular complexity index is 630. The van der Waals surface area contributed by atoms with Crippen molar-refractivity contribution >= 4 is 5.91 Å². The molecule has 2 heterocycles. The van der Waals surface area contributed by atoms with E-state index in [1.807, 2.05) is 6.92 Å². The maximum Gasteiger partial charge on any atom is 0.252 e. The molecule has 0 bridgehead atoms. The largest absolute Gasteiger partial charge is 0.374 e. The molecule has 0 unspecified atom stereocenters. The minimum atomic E-state index is -0.697. The highest BCUT2D eigenvalue weighted by molar-refractivity contribution is 5.77. The summed E-state index contributed by atoms with van der Waals surface area (Å²) in [4.78, 5) is 18.9. The van der Waals surface area contributed by atoms with E-state index in [1.54, 1.807) is 18.7 Å². The molecule has 1 saturated heterocycles. The van der Waals surface area contributed by atoms with Crippen LogP contribution < -0.4 is 0 Å². The second-order valence-corrected chi connectivity index (χ2v) is 7.05. The van der Waals surface area contributed by atoms with Crippen molar-refractivity contribution in [1.82, 2.24) is 15.0 Å². The van der Waals surface area contributed by atoms with Crippen LogP contribution in [0.15, 0.2) is 4.52 Å². The molecular formula is C16H22N4O3. The molecule has 1 aliphatic heterocycles. The van der Waals surface area contributed by atoms with Crippen molar-refractivity contribution in [2.24, 2.45) is 5.41 Å². The van der Waals surface area contributed by atoms with Gasteiger partial charge in [0.1, 0.15) is 6.04 Å². The fourth-order valence-electron chi connectivity index (χ4n) is 2.83. The van der Waals surface area contributed by atoms with Gasteiger partial charge < -0.3 is 14.2 Å². The van der Waals surface area contributed by atoms with E-state index in [9.17, 15) is 4.79 Å². The quantitative estimate of drug-likeness (QED) is 0.845. The van der Waals surface area contributed by atoms with Gasteiger partial charge in [-0.1, -0.05) is 5.16 Å². The molecule has 0 spiro atoms. The number of hydrogen-bond donors (Lipinski definition) is 0. The maximum atomic E-state index is 12.7. The van der Waals surface area contributed by atoms with E-state index in [-0.39, 0.29) is 24.5 Å². The molecule has 7 heteroatoms. The first-order chi connectivity index (χ1) is 10.9. The van der Waals surface area contributed by atoms with Crippen LogP contribution in [0.5, 0.6) is 0 Å². The molecule has 3 rings (SSSR count). The summed E-state index contributed by atoms with van der Waals surface area (Å²) in [5.41, 5.74) is -0.697. The summed E-state index contributed by atoms with van der Waals surface area (Å²) in [6.45, 7) is 6.38. The molecule has 0 aromatic carbocycles. The van der Waals surface area contributed by atoms with Gasteiger partial charge in [-0.15, -0.1) is 0 Å². The van der Waals surface area contributed by atoms with Crippen molar-refractivity contribution in [1.29, 1.82) is 5.26 Å². The fraction of sp³-hybridized carbons (Fsp3) is 0.750. The van der Waals surface area contributed by atoms with Crippen molar-refractivity contribution in [3.05, 3.63) is 11.7 Å². The van der Waals surface area contributed by atoms with Gasteiger partial charge in [-0.3, -0.25) is 4.79 Å². The first kappa shape index (κ1) is 15.9. The van der Waals surface area contributed by atoms with E-state index in [4.69, 9.17) is 14.5 Å². The Labute approximate surface area is 135 Å². The highest BCUT2D eigenvalue weighted by Gasteiger charge is 2.40. The first-order valence-corrected chi connectivity index (χ1v) is 8.07. The van der Waals surface area contributed by atoms with Crippen LogP contribution in [-0.2, 0) is 9.53 Å². The summed E-state index contributed by atoms with van der Waals surface area (Å²) in [5, 5.41) is 13.2. The number of rotatable bonds is 4. The van der Waals surface area contributed by atoms with Gasteiger partial charge >= 0.3 is 0 Å². The van der Waals surface area contributed by atoms with Crippen LogP contribution in [0.3, 0.4) is 0 Å².